The quantitative estimate of drug-likeness (QED) is 0.758. The molecule has 1 aromatic carbocycles. The van der Waals surface area contributed by atoms with Gasteiger partial charge in [-0.05, 0) is 37.0 Å². The van der Waals surface area contributed by atoms with Crippen molar-refractivity contribution in [3.63, 3.8) is 0 Å². The summed E-state index contributed by atoms with van der Waals surface area (Å²) in [6.07, 6.45) is 1.45. The van der Waals surface area contributed by atoms with Crippen molar-refractivity contribution in [2.45, 2.75) is 25.8 Å². The minimum absolute atomic E-state index is 0.495. The molecule has 0 aromatic heterocycles. The van der Waals surface area contributed by atoms with Crippen molar-refractivity contribution in [1.82, 2.24) is 0 Å². The van der Waals surface area contributed by atoms with Gasteiger partial charge >= 0.3 is 5.97 Å². The lowest BCUT2D eigenvalue weighted by molar-refractivity contribution is -0.137. The van der Waals surface area contributed by atoms with Crippen molar-refractivity contribution >= 4 is 34.9 Å². The van der Waals surface area contributed by atoms with Crippen LogP contribution in [0.1, 0.15) is 18.1 Å². The summed E-state index contributed by atoms with van der Waals surface area (Å²) in [5.74, 6) is 0.150. The molecule has 0 radical (unpaired) electrons. The second-order valence-corrected chi connectivity index (χ2v) is 4.78. The molecule has 0 heterocycles. The Kier molecular flexibility index (Phi) is 6.30. The number of rotatable bonds is 7. The Bertz CT molecular complexity index is 410. The van der Waals surface area contributed by atoms with E-state index >= 15 is 0 Å². The van der Waals surface area contributed by atoms with Crippen molar-refractivity contribution in [3.05, 3.63) is 29.3 Å². The van der Waals surface area contributed by atoms with E-state index in [0.717, 1.165) is 23.2 Å². The molecule has 1 aromatic rings. The predicted octanol–water partition coefficient (Wildman–Crippen LogP) is 3.13. The largest absolute Gasteiger partial charge is 0.480 e. The Morgan fingerprint density at radius 3 is 2.56 bits per heavy atom. The first-order chi connectivity index (χ1) is 8.60. The van der Waals surface area contributed by atoms with Crippen molar-refractivity contribution in [2.24, 2.45) is 0 Å². The highest BCUT2D eigenvalue weighted by molar-refractivity contribution is 6.18. The van der Waals surface area contributed by atoms with Crippen LogP contribution in [0.25, 0.3) is 0 Å². The molecule has 0 amide bonds. The van der Waals surface area contributed by atoms with Gasteiger partial charge in [0, 0.05) is 17.4 Å². The molecule has 1 unspecified atom stereocenters. The number of alkyl halides is 2. The van der Waals surface area contributed by atoms with Crippen LogP contribution < -0.4 is 5.32 Å². The molecule has 0 fully saturated rings. The van der Waals surface area contributed by atoms with Crippen LogP contribution in [0.4, 0.5) is 5.69 Å². The molecule has 0 saturated carbocycles. The molecule has 0 spiro atoms. The van der Waals surface area contributed by atoms with Crippen LogP contribution in [0.2, 0.25) is 0 Å². The van der Waals surface area contributed by atoms with E-state index in [0.29, 0.717) is 18.2 Å². The van der Waals surface area contributed by atoms with Gasteiger partial charge in [-0.1, -0.05) is 12.1 Å². The minimum atomic E-state index is -0.880. The van der Waals surface area contributed by atoms with Crippen molar-refractivity contribution in [1.29, 1.82) is 0 Å². The van der Waals surface area contributed by atoms with Gasteiger partial charge in [0.1, 0.15) is 6.04 Å². The lowest BCUT2D eigenvalue weighted by atomic mass is 10.0. The number of benzene rings is 1. The number of nitrogens with one attached hydrogen (secondary N) is 1. The van der Waals surface area contributed by atoms with Gasteiger partial charge in [0.05, 0.1) is 0 Å². The molecule has 2 N–H and O–H groups in total. The van der Waals surface area contributed by atoms with Crippen LogP contribution >= 0.6 is 23.2 Å². The second kappa shape index (κ2) is 7.49. The van der Waals surface area contributed by atoms with Gasteiger partial charge in [-0.15, -0.1) is 23.2 Å². The summed E-state index contributed by atoms with van der Waals surface area (Å²) < 4.78 is 0. The average Bonchev–Trinajstić information content (AvgIpc) is 2.33. The molecule has 3 nitrogen and oxygen atoms in total. The van der Waals surface area contributed by atoms with E-state index < -0.39 is 12.0 Å². The number of carboxylic acid groups (broad SMARTS) is 1. The van der Waals surface area contributed by atoms with E-state index in [1.165, 1.54) is 0 Å². The number of aliphatic carboxylic acids is 1. The Morgan fingerprint density at radius 2 is 2.00 bits per heavy atom. The second-order valence-electron chi connectivity index (χ2n) is 4.03. The van der Waals surface area contributed by atoms with Gasteiger partial charge in [-0.3, -0.25) is 4.79 Å². The first kappa shape index (κ1) is 15.1. The highest BCUT2D eigenvalue weighted by Gasteiger charge is 2.14. The third-order valence-electron chi connectivity index (χ3n) is 2.72. The maximum absolute atomic E-state index is 10.9. The van der Waals surface area contributed by atoms with E-state index in [1.54, 1.807) is 6.92 Å². The molecule has 0 aliphatic heterocycles. The molecule has 0 aliphatic carbocycles. The molecule has 5 heteroatoms. The number of carbonyl (C=O) groups is 1. The molecule has 18 heavy (non-hydrogen) atoms. The average molecular weight is 290 g/mol. The van der Waals surface area contributed by atoms with E-state index in [9.17, 15) is 4.79 Å². The standard InChI is InChI=1S/C13H17Cl2NO2/c1-9(13(17)18)16-12-4-2-3-10(5-7-14)11(12)6-8-15/h2-4,9,16H,5-8H2,1H3,(H,17,18). The zero-order chi connectivity index (χ0) is 13.5. The normalized spacial score (nSPS) is 12.2. The van der Waals surface area contributed by atoms with E-state index in [4.69, 9.17) is 28.3 Å². The fourth-order valence-electron chi connectivity index (χ4n) is 1.79. The SMILES string of the molecule is CC(Nc1cccc(CCCl)c1CCCl)C(=O)O. The van der Waals surface area contributed by atoms with Gasteiger partial charge in [0.15, 0.2) is 0 Å². The summed E-state index contributed by atoms with van der Waals surface area (Å²) in [5, 5.41) is 11.9. The Balaban J connectivity index is 3.01. The van der Waals surface area contributed by atoms with Crippen LogP contribution in [-0.2, 0) is 17.6 Å². The number of halogens is 2. The van der Waals surface area contributed by atoms with Crippen molar-refractivity contribution < 1.29 is 9.90 Å². The molecule has 0 aliphatic rings. The fraction of sp³-hybridized carbons (Fsp3) is 0.462. The summed E-state index contributed by atoms with van der Waals surface area (Å²) in [5.41, 5.74) is 3.00. The third-order valence-corrected chi connectivity index (χ3v) is 3.10. The molecule has 1 atom stereocenters. The third kappa shape index (κ3) is 4.07. The Hall–Kier alpha value is -0.930. The maximum Gasteiger partial charge on any atom is 0.325 e. The number of hydrogen-bond acceptors (Lipinski definition) is 2. The van der Waals surface area contributed by atoms with E-state index in [1.807, 2.05) is 18.2 Å². The van der Waals surface area contributed by atoms with Crippen molar-refractivity contribution in [2.75, 3.05) is 17.1 Å². The highest BCUT2D eigenvalue weighted by Crippen LogP contribution is 2.23. The van der Waals surface area contributed by atoms with Gasteiger partial charge < -0.3 is 10.4 Å². The number of aryl methyl sites for hydroxylation is 1. The smallest absolute Gasteiger partial charge is 0.325 e. The van der Waals surface area contributed by atoms with Crippen LogP contribution in [0.3, 0.4) is 0 Å². The van der Waals surface area contributed by atoms with E-state index in [-0.39, 0.29) is 0 Å². The molecular weight excluding hydrogens is 273 g/mol. The number of hydrogen-bond donors (Lipinski definition) is 2. The molecule has 0 saturated heterocycles. The van der Waals surface area contributed by atoms with Gasteiger partial charge in [0.2, 0.25) is 0 Å². The van der Waals surface area contributed by atoms with E-state index in [2.05, 4.69) is 5.32 Å². The molecular formula is C13H17Cl2NO2. The van der Waals surface area contributed by atoms with Crippen LogP contribution in [0.5, 0.6) is 0 Å². The minimum Gasteiger partial charge on any atom is -0.480 e. The van der Waals surface area contributed by atoms with Crippen LogP contribution in [-0.4, -0.2) is 28.9 Å². The molecule has 1 rings (SSSR count). The summed E-state index contributed by atoms with van der Waals surface area (Å²) in [6.45, 7) is 1.61. The first-order valence-corrected chi connectivity index (χ1v) is 6.89. The Labute approximate surface area is 117 Å². The Morgan fingerprint density at radius 1 is 1.33 bits per heavy atom. The predicted molar refractivity (Wildman–Crippen MR) is 76.0 cm³/mol. The lowest BCUT2D eigenvalue weighted by Gasteiger charge is -2.17. The van der Waals surface area contributed by atoms with Gasteiger partial charge in [-0.25, -0.2) is 0 Å². The molecule has 0 bridgehead atoms. The fourth-order valence-corrected chi connectivity index (χ4v) is 2.18. The monoisotopic (exact) mass is 289 g/mol. The van der Waals surface area contributed by atoms with Crippen LogP contribution in [0, 0.1) is 0 Å². The highest BCUT2D eigenvalue weighted by atomic mass is 35.5. The summed E-state index contributed by atoms with van der Waals surface area (Å²) >= 11 is 11.6. The van der Waals surface area contributed by atoms with Crippen molar-refractivity contribution in [3.8, 4) is 0 Å². The number of carboxylic acids is 1. The zero-order valence-electron chi connectivity index (χ0n) is 10.2. The first-order valence-electron chi connectivity index (χ1n) is 5.82. The van der Waals surface area contributed by atoms with Gasteiger partial charge in [-0.2, -0.15) is 0 Å². The zero-order valence-corrected chi connectivity index (χ0v) is 11.8. The summed E-state index contributed by atoms with van der Waals surface area (Å²) in [6, 6.07) is 5.14. The number of anilines is 1. The van der Waals surface area contributed by atoms with Gasteiger partial charge in [0.25, 0.3) is 0 Å². The summed E-state index contributed by atoms with van der Waals surface area (Å²) in [4.78, 5) is 10.9. The topological polar surface area (TPSA) is 49.3 Å². The van der Waals surface area contributed by atoms with Crippen LogP contribution in [0.15, 0.2) is 18.2 Å². The maximum atomic E-state index is 10.9. The lowest BCUT2D eigenvalue weighted by Crippen LogP contribution is -2.26. The molecule has 100 valence electrons. The summed E-state index contributed by atoms with van der Waals surface area (Å²) in [7, 11) is 0.